The minimum Gasteiger partial charge on any atom is -0.352 e. The second-order valence-corrected chi connectivity index (χ2v) is 4.77. The van der Waals surface area contributed by atoms with E-state index in [1.807, 2.05) is 0 Å². The van der Waals surface area contributed by atoms with E-state index >= 15 is 0 Å². The molecule has 0 radical (unpaired) electrons. The summed E-state index contributed by atoms with van der Waals surface area (Å²) in [5.41, 5.74) is 0. The van der Waals surface area contributed by atoms with Gasteiger partial charge in [-0.2, -0.15) is 0 Å². The van der Waals surface area contributed by atoms with Crippen molar-refractivity contribution < 1.29 is 4.79 Å². The summed E-state index contributed by atoms with van der Waals surface area (Å²) in [6.07, 6.45) is 5.74. The molecule has 3 nitrogen and oxygen atoms in total. The number of carbonyl (C=O) groups excluding carboxylic acids is 1. The first kappa shape index (κ1) is 9.97. The molecule has 2 N–H and O–H groups in total. The summed E-state index contributed by atoms with van der Waals surface area (Å²) in [6.45, 7) is 3.26. The lowest BCUT2D eigenvalue weighted by Crippen LogP contribution is -2.44. The molecule has 1 amide bonds. The van der Waals surface area contributed by atoms with Crippen LogP contribution >= 0.6 is 0 Å². The Morgan fingerprint density at radius 2 is 2.21 bits per heavy atom. The van der Waals surface area contributed by atoms with E-state index in [4.69, 9.17) is 0 Å². The van der Waals surface area contributed by atoms with E-state index in [0.29, 0.717) is 6.04 Å². The third-order valence-electron chi connectivity index (χ3n) is 3.42. The van der Waals surface area contributed by atoms with Crippen molar-refractivity contribution in [2.24, 2.45) is 5.92 Å². The molecular formula is C11H20N2O. The highest BCUT2D eigenvalue weighted by Gasteiger charge is 2.27. The molecule has 2 rings (SSSR count). The fraction of sp³-hybridized carbons (Fsp3) is 0.909. The molecule has 3 atom stereocenters. The summed E-state index contributed by atoms with van der Waals surface area (Å²) in [5.74, 6) is 1.01. The lowest BCUT2D eigenvalue weighted by atomic mass is 10.1. The molecule has 2 aliphatic rings. The second-order valence-electron chi connectivity index (χ2n) is 4.77. The maximum absolute atomic E-state index is 11.7. The third kappa shape index (κ3) is 2.27. The van der Waals surface area contributed by atoms with Gasteiger partial charge in [0.05, 0.1) is 6.04 Å². The van der Waals surface area contributed by atoms with Crippen LogP contribution in [0.5, 0.6) is 0 Å². The van der Waals surface area contributed by atoms with E-state index in [9.17, 15) is 4.79 Å². The van der Waals surface area contributed by atoms with Gasteiger partial charge in [0.25, 0.3) is 0 Å². The van der Waals surface area contributed by atoms with E-state index in [-0.39, 0.29) is 11.9 Å². The molecule has 0 spiro atoms. The summed E-state index contributed by atoms with van der Waals surface area (Å²) >= 11 is 0. The summed E-state index contributed by atoms with van der Waals surface area (Å²) < 4.78 is 0. The molecular weight excluding hydrogens is 176 g/mol. The van der Waals surface area contributed by atoms with Gasteiger partial charge in [-0.25, -0.2) is 0 Å². The first-order valence-corrected chi connectivity index (χ1v) is 5.79. The van der Waals surface area contributed by atoms with Crippen molar-refractivity contribution in [2.45, 2.75) is 51.1 Å². The number of hydrogen-bond donors (Lipinski definition) is 2. The molecule has 3 heteroatoms. The van der Waals surface area contributed by atoms with Gasteiger partial charge in [0.15, 0.2) is 0 Å². The molecule has 1 saturated heterocycles. The van der Waals surface area contributed by atoms with Crippen molar-refractivity contribution in [3.63, 3.8) is 0 Å². The SMILES string of the molecule is CC1CCC(NC(=O)C2CCCN2)C1. The largest absolute Gasteiger partial charge is 0.352 e. The molecule has 1 aliphatic carbocycles. The van der Waals surface area contributed by atoms with Crippen LogP contribution in [0, 0.1) is 5.92 Å². The Morgan fingerprint density at radius 3 is 2.79 bits per heavy atom. The highest BCUT2D eigenvalue weighted by Crippen LogP contribution is 2.24. The molecule has 0 aromatic carbocycles. The molecule has 80 valence electrons. The highest BCUT2D eigenvalue weighted by molar-refractivity contribution is 5.82. The summed E-state index contributed by atoms with van der Waals surface area (Å²) in [5, 5.41) is 6.38. The van der Waals surface area contributed by atoms with Crippen LogP contribution in [0.2, 0.25) is 0 Å². The number of amides is 1. The van der Waals surface area contributed by atoms with Crippen molar-refractivity contribution in [2.75, 3.05) is 6.54 Å². The van der Waals surface area contributed by atoms with E-state index < -0.39 is 0 Å². The van der Waals surface area contributed by atoms with E-state index in [0.717, 1.165) is 25.3 Å². The average Bonchev–Trinajstić information content (AvgIpc) is 2.75. The Hall–Kier alpha value is -0.570. The van der Waals surface area contributed by atoms with Crippen LogP contribution in [-0.2, 0) is 4.79 Å². The normalized spacial score (nSPS) is 37.4. The topological polar surface area (TPSA) is 41.1 Å². The van der Waals surface area contributed by atoms with Crippen LogP contribution in [0.25, 0.3) is 0 Å². The van der Waals surface area contributed by atoms with Gasteiger partial charge < -0.3 is 10.6 Å². The first-order chi connectivity index (χ1) is 6.75. The maximum atomic E-state index is 11.7. The van der Waals surface area contributed by atoms with Gasteiger partial charge in [-0.15, -0.1) is 0 Å². The van der Waals surface area contributed by atoms with E-state index in [2.05, 4.69) is 17.6 Å². The first-order valence-electron chi connectivity index (χ1n) is 5.79. The Labute approximate surface area is 85.6 Å². The smallest absolute Gasteiger partial charge is 0.237 e. The zero-order valence-electron chi connectivity index (χ0n) is 8.88. The van der Waals surface area contributed by atoms with Gasteiger partial charge >= 0.3 is 0 Å². The highest BCUT2D eigenvalue weighted by atomic mass is 16.2. The fourth-order valence-corrected chi connectivity index (χ4v) is 2.55. The van der Waals surface area contributed by atoms with Crippen molar-refractivity contribution >= 4 is 5.91 Å². The molecule has 3 unspecified atom stereocenters. The minimum atomic E-state index is 0.0888. The standard InChI is InChI=1S/C11H20N2O/c1-8-4-5-9(7-8)13-11(14)10-3-2-6-12-10/h8-10,12H,2-7H2,1H3,(H,13,14). The zero-order chi connectivity index (χ0) is 9.97. The summed E-state index contributed by atoms with van der Waals surface area (Å²) in [6, 6.07) is 0.533. The lowest BCUT2D eigenvalue weighted by molar-refractivity contribution is -0.123. The van der Waals surface area contributed by atoms with E-state index in [1.54, 1.807) is 0 Å². The molecule has 0 bridgehead atoms. The molecule has 0 aromatic heterocycles. The molecule has 1 saturated carbocycles. The lowest BCUT2D eigenvalue weighted by Gasteiger charge is -2.16. The Bertz CT molecular complexity index is 211. The molecule has 1 heterocycles. The zero-order valence-corrected chi connectivity index (χ0v) is 8.88. The summed E-state index contributed by atoms with van der Waals surface area (Å²) in [4.78, 5) is 11.7. The third-order valence-corrected chi connectivity index (χ3v) is 3.42. The van der Waals surface area contributed by atoms with Gasteiger partial charge in [0.1, 0.15) is 0 Å². The monoisotopic (exact) mass is 196 g/mol. The van der Waals surface area contributed by atoms with Crippen LogP contribution in [0.1, 0.15) is 39.0 Å². The van der Waals surface area contributed by atoms with E-state index in [1.165, 1.54) is 19.3 Å². The second kappa shape index (κ2) is 4.30. The van der Waals surface area contributed by atoms with Gasteiger partial charge in [-0.05, 0) is 44.6 Å². The van der Waals surface area contributed by atoms with Gasteiger partial charge in [0, 0.05) is 6.04 Å². The predicted molar refractivity (Wildman–Crippen MR) is 56.0 cm³/mol. The Morgan fingerprint density at radius 1 is 1.36 bits per heavy atom. The number of carbonyl (C=O) groups is 1. The van der Waals surface area contributed by atoms with Gasteiger partial charge in [-0.1, -0.05) is 6.92 Å². The van der Waals surface area contributed by atoms with Crippen LogP contribution in [-0.4, -0.2) is 24.5 Å². The summed E-state index contributed by atoms with van der Waals surface area (Å²) in [7, 11) is 0. The maximum Gasteiger partial charge on any atom is 0.237 e. The fourth-order valence-electron chi connectivity index (χ4n) is 2.55. The van der Waals surface area contributed by atoms with Crippen molar-refractivity contribution in [1.82, 2.24) is 10.6 Å². The van der Waals surface area contributed by atoms with Gasteiger partial charge in [0.2, 0.25) is 5.91 Å². The van der Waals surface area contributed by atoms with Crippen molar-refractivity contribution in [3.05, 3.63) is 0 Å². The number of nitrogens with one attached hydrogen (secondary N) is 2. The Kier molecular flexibility index (Phi) is 3.06. The average molecular weight is 196 g/mol. The molecule has 0 aromatic rings. The molecule has 1 aliphatic heterocycles. The van der Waals surface area contributed by atoms with Crippen molar-refractivity contribution in [3.8, 4) is 0 Å². The predicted octanol–water partition coefficient (Wildman–Crippen LogP) is 1.04. The number of rotatable bonds is 2. The quantitative estimate of drug-likeness (QED) is 0.693. The Balaban J connectivity index is 1.76. The van der Waals surface area contributed by atoms with Crippen LogP contribution in [0.15, 0.2) is 0 Å². The number of hydrogen-bond acceptors (Lipinski definition) is 2. The molecule has 14 heavy (non-hydrogen) atoms. The van der Waals surface area contributed by atoms with Gasteiger partial charge in [-0.3, -0.25) is 4.79 Å². The molecule has 2 fully saturated rings. The van der Waals surface area contributed by atoms with Crippen LogP contribution in [0.3, 0.4) is 0 Å². The van der Waals surface area contributed by atoms with Crippen molar-refractivity contribution in [1.29, 1.82) is 0 Å². The van der Waals surface area contributed by atoms with Crippen LogP contribution < -0.4 is 10.6 Å². The minimum absolute atomic E-state index is 0.0888. The van der Waals surface area contributed by atoms with Crippen LogP contribution in [0.4, 0.5) is 0 Å².